The van der Waals surface area contributed by atoms with Crippen molar-refractivity contribution in [3.8, 4) is 0 Å². The van der Waals surface area contributed by atoms with Crippen molar-refractivity contribution < 1.29 is 14.3 Å². The van der Waals surface area contributed by atoms with Crippen LogP contribution in [0.25, 0.3) is 0 Å². The lowest BCUT2D eigenvalue weighted by atomic mass is 9.96. The third-order valence-electron chi connectivity index (χ3n) is 4.55. The summed E-state index contributed by atoms with van der Waals surface area (Å²) in [5.74, 6) is -1.13. The van der Waals surface area contributed by atoms with Crippen LogP contribution in [-0.4, -0.2) is 11.8 Å². The lowest BCUT2D eigenvalue weighted by Gasteiger charge is -2.13. The zero-order valence-electron chi connectivity index (χ0n) is 15.5. The minimum absolute atomic E-state index is 0.104. The second-order valence-electron chi connectivity index (χ2n) is 6.70. The number of rotatable bonds is 11. The van der Waals surface area contributed by atoms with E-state index in [0.29, 0.717) is 6.42 Å². The van der Waals surface area contributed by atoms with Gasteiger partial charge in [0, 0.05) is 0 Å². The number of carbonyl (C=O) groups excluding carboxylic acids is 2. The Morgan fingerprint density at radius 3 is 2.00 bits per heavy atom. The highest BCUT2D eigenvalue weighted by atomic mass is 16.5. The van der Waals surface area contributed by atoms with Crippen LogP contribution in [0.1, 0.15) is 50.2 Å². The highest BCUT2D eigenvalue weighted by molar-refractivity contribution is 5.97. The van der Waals surface area contributed by atoms with Gasteiger partial charge in [0.15, 0.2) is 0 Å². The number of Topliss-reactive ketones (excluding diaryl/α,β-unsaturated/α-hetero) is 1. The quantitative estimate of drug-likeness (QED) is 0.320. The van der Waals surface area contributed by atoms with Gasteiger partial charge in [-0.05, 0) is 37.3 Å². The van der Waals surface area contributed by atoms with E-state index in [0.717, 1.165) is 37.7 Å². The van der Waals surface area contributed by atoms with Crippen LogP contribution in [-0.2, 0) is 27.4 Å². The van der Waals surface area contributed by atoms with E-state index in [1.54, 1.807) is 0 Å². The molecule has 0 aliphatic heterocycles. The first-order valence-electron chi connectivity index (χ1n) is 9.42. The molecule has 3 nitrogen and oxygen atoms in total. The maximum absolute atomic E-state index is 12.2. The molecule has 0 fully saturated rings. The second kappa shape index (κ2) is 11.2. The molecule has 138 valence electrons. The van der Waals surface area contributed by atoms with E-state index < -0.39 is 11.9 Å². The third kappa shape index (κ3) is 7.22. The highest BCUT2D eigenvalue weighted by Crippen LogP contribution is 2.16. The van der Waals surface area contributed by atoms with Crippen molar-refractivity contribution in [3.63, 3.8) is 0 Å². The Labute approximate surface area is 156 Å². The average molecular weight is 352 g/mol. The van der Waals surface area contributed by atoms with Crippen LogP contribution in [0, 0.1) is 5.92 Å². The van der Waals surface area contributed by atoms with Crippen molar-refractivity contribution in [2.75, 3.05) is 0 Å². The Bertz CT molecular complexity index is 664. The number of unbranched alkanes of at least 4 members (excludes halogenated alkanes) is 3. The summed E-state index contributed by atoms with van der Waals surface area (Å²) in [6.45, 7) is 1.70. The van der Waals surface area contributed by atoms with E-state index >= 15 is 0 Å². The molecule has 2 aromatic rings. The number of hydrogen-bond acceptors (Lipinski definition) is 3. The van der Waals surface area contributed by atoms with Gasteiger partial charge >= 0.3 is 5.97 Å². The summed E-state index contributed by atoms with van der Waals surface area (Å²) in [7, 11) is 0. The summed E-state index contributed by atoms with van der Waals surface area (Å²) < 4.78 is 5.33. The number of esters is 1. The molecule has 0 heterocycles. The maximum atomic E-state index is 12.2. The van der Waals surface area contributed by atoms with Crippen molar-refractivity contribution in [2.45, 2.75) is 52.1 Å². The van der Waals surface area contributed by atoms with Crippen molar-refractivity contribution >= 4 is 11.8 Å². The number of benzene rings is 2. The van der Waals surface area contributed by atoms with Gasteiger partial charge in [-0.15, -0.1) is 0 Å². The van der Waals surface area contributed by atoms with Gasteiger partial charge in [0.05, 0.1) is 0 Å². The van der Waals surface area contributed by atoms with Crippen molar-refractivity contribution in [3.05, 3.63) is 71.8 Å². The standard InChI is InChI=1S/C23H28O3/c1-19(24)22(23(25)26-18-21-15-9-5-10-16-21)17-11-3-2-6-12-20-13-7-4-8-14-20/h4-5,7-10,13-16,22H,2-3,6,11-12,17-18H2,1H3. The average Bonchev–Trinajstić information content (AvgIpc) is 2.67. The number of carbonyl (C=O) groups is 2. The van der Waals surface area contributed by atoms with Crippen molar-refractivity contribution in [2.24, 2.45) is 5.92 Å². The molecule has 3 heteroatoms. The summed E-state index contributed by atoms with van der Waals surface area (Å²) in [4.78, 5) is 24.0. The Balaban J connectivity index is 1.65. The fourth-order valence-electron chi connectivity index (χ4n) is 2.99. The highest BCUT2D eigenvalue weighted by Gasteiger charge is 2.24. The number of aryl methyl sites for hydroxylation is 1. The molecular formula is C23H28O3. The molecule has 1 atom stereocenters. The summed E-state index contributed by atoms with van der Waals surface area (Å²) in [5, 5.41) is 0. The number of ketones is 1. The zero-order valence-corrected chi connectivity index (χ0v) is 15.5. The van der Waals surface area contributed by atoms with Crippen molar-refractivity contribution in [1.82, 2.24) is 0 Å². The van der Waals surface area contributed by atoms with Crippen LogP contribution < -0.4 is 0 Å². The van der Waals surface area contributed by atoms with Crippen LogP contribution in [0.3, 0.4) is 0 Å². The molecular weight excluding hydrogens is 324 g/mol. The summed E-state index contributed by atoms with van der Waals surface area (Å²) in [6.07, 6.45) is 5.80. The lowest BCUT2D eigenvalue weighted by molar-refractivity contribution is -0.153. The molecule has 0 saturated heterocycles. The topological polar surface area (TPSA) is 43.4 Å². The molecule has 26 heavy (non-hydrogen) atoms. The molecule has 0 saturated carbocycles. The largest absolute Gasteiger partial charge is 0.460 e. The van der Waals surface area contributed by atoms with E-state index in [2.05, 4.69) is 24.3 Å². The Morgan fingerprint density at radius 1 is 0.808 bits per heavy atom. The Morgan fingerprint density at radius 2 is 1.38 bits per heavy atom. The molecule has 0 spiro atoms. The lowest BCUT2D eigenvalue weighted by Crippen LogP contribution is -2.24. The van der Waals surface area contributed by atoms with Crippen LogP contribution in [0.2, 0.25) is 0 Å². The molecule has 0 amide bonds. The second-order valence-corrected chi connectivity index (χ2v) is 6.70. The summed E-state index contributed by atoms with van der Waals surface area (Å²) in [5.41, 5.74) is 2.29. The van der Waals surface area contributed by atoms with E-state index in [4.69, 9.17) is 4.74 Å². The monoisotopic (exact) mass is 352 g/mol. The molecule has 0 aliphatic rings. The molecule has 0 aliphatic carbocycles. The predicted molar refractivity (Wildman–Crippen MR) is 104 cm³/mol. The zero-order chi connectivity index (χ0) is 18.6. The maximum Gasteiger partial charge on any atom is 0.316 e. The van der Waals surface area contributed by atoms with Crippen LogP contribution in [0.5, 0.6) is 0 Å². The van der Waals surface area contributed by atoms with E-state index in [9.17, 15) is 9.59 Å². The van der Waals surface area contributed by atoms with Crippen LogP contribution in [0.4, 0.5) is 0 Å². The minimum Gasteiger partial charge on any atom is -0.460 e. The Kier molecular flexibility index (Phi) is 8.61. The van der Waals surface area contributed by atoms with E-state index in [1.165, 1.54) is 12.5 Å². The van der Waals surface area contributed by atoms with Crippen molar-refractivity contribution in [1.29, 1.82) is 0 Å². The molecule has 2 rings (SSSR count). The van der Waals surface area contributed by atoms with Gasteiger partial charge in [-0.3, -0.25) is 9.59 Å². The normalized spacial score (nSPS) is 11.7. The summed E-state index contributed by atoms with van der Waals surface area (Å²) >= 11 is 0. The van der Waals surface area contributed by atoms with Gasteiger partial charge in [0.25, 0.3) is 0 Å². The first kappa shape index (κ1) is 19.9. The molecule has 2 aromatic carbocycles. The number of ether oxygens (including phenoxy) is 1. The molecule has 0 bridgehead atoms. The minimum atomic E-state index is -0.632. The summed E-state index contributed by atoms with van der Waals surface area (Å²) in [6, 6.07) is 20.0. The van der Waals surface area contributed by atoms with Gasteiger partial charge in [0.2, 0.25) is 0 Å². The van der Waals surface area contributed by atoms with Gasteiger partial charge in [-0.2, -0.15) is 0 Å². The molecule has 1 unspecified atom stereocenters. The van der Waals surface area contributed by atoms with Gasteiger partial charge in [-0.1, -0.05) is 79.9 Å². The number of hydrogen-bond donors (Lipinski definition) is 0. The first-order valence-corrected chi connectivity index (χ1v) is 9.42. The Hall–Kier alpha value is -2.42. The van der Waals surface area contributed by atoms with Gasteiger partial charge < -0.3 is 4.74 Å². The first-order chi connectivity index (χ1) is 12.7. The van der Waals surface area contributed by atoms with E-state index in [-0.39, 0.29) is 12.4 Å². The molecule has 0 N–H and O–H groups in total. The third-order valence-corrected chi connectivity index (χ3v) is 4.55. The fraction of sp³-hybridized carbons (Fsp3) is 0.391. The SMILES string of the molecule is CC(=O)C(CCCCCCc1ccccc1)C(=O)OCc1ccccc1. The van der Waals surface area contributed by atoms with Crippen LogP contribution >= 0.6 is 0 Å². The molecule has 0 radical (unpaired) electrons. The predicted octanol–water partition coefficient (Wildman–Crippen LogP) is 5.13. The fourth-order valence-corrected chi connectivity index (χ4v) is 2.99. The van der Waals surface area contributed by atoms with E-state index in [1.807, 2.05) is 36.4 Å². The van der Waals surface area contributed by atoms with Gasteiger partial charge in [-0.25, -0.2) is 0 Å². The smallest absolute Gasteiger partial charge is 0.316 e. The van der Waals surface area contributed by atoms with Gasteiger partial charge in [0.1, 0.15) is 18.3 Å². The van der Waals surface area contributed by atoms with Crippen LogP contribution in [0.15, 0.2) is 60.7 Å². The molecule has 0 aromatic heterocycles.